The van der Waals surface area contributed by atoms with Crippen molar-refractivity contribution in [3.63, 3.8) is 0 Å². The van der Waals surface area contributed by atoms with Crippen LogP contribution in [0.4, 0.5) is 27.6 Å². The zero-order chi connectivity index (χ0) is 27.7. The molecular formula is C29H26F5N3O2. The highest BCUT2D eigenvalue weighted by molar-refractivity contribution is 5.98. The van der Waals surface area contributed by atoms with Crippen LogP contribution < -0.4 is 10.1 Å². The van der Waals surface area contributed by atoms with Gasteiger partial charge in [-0.3, -0.25) is 9.36 Å². The monoisotopic (exact) mass is 543 g/mol. The van der Waals surface area contributed by atoms with Crippen LogP contribution in [0.1, 0.15) is 53.6 Å². The number of rotatable bonds is 10. The van der Waals surface area contributed by atoms with Crippen molar-refractivity contribution >= 4 is 22.5 Å². The summed E-state index contributed by atoms with van der Waals surface area (Å²) in [6, 6.07) is 14.0. The second kappa shape index (κ2) is 10.7. The van der Waals surface area contributed by atoms with E-state index in [1.807, 2.05) is 13.0 Å². The standard InChI is InChI=1S/C29H26F5N3O2/c1-17-11-20(7-8-23(17)26(38)12-18-5-6-18)37-16-36-27-24(35-10-9-29(32,33)34)14-22(15-25(27)37)39-21-4-2-3-19(13-21)28(30)31/h2-4,7-8,11,13-16,18,28,35H,5-6,9-10,12H2,1H3. The van der Waals surface area contributed by atoms with E-state index in [1.54, 1.807) is 29.1 Å². The fourth-order valence-electron chi connectivity index (χ4n) is 4.48. The molecule has 0 aliphatic heterocycles. The summed E-state index contributed by atoms with van der Waals surface area (Å²) in [7, 11) is 0. The maximum absolute atomic E-state index is 13.2. The molecule has 4 aromatic rings. The normalized spacial score (nSPS) is 13.7. The summed E-state index contributed by atoms with van der Waals surface area (Å²) in [6.45, 7) is 1.48. The average Bonchev–Trinajstić information content (AvgIpc) is 3.58. The van der Waals surface area contributed by atoms with Crippen molar-refractivity contribution in [1.82, 2.24) is 9.55 Å². The fourth-order valence-corrected chi connectivity index (χ4v) is 4.48. The van der Waals surface area contributed by atoms with E-state index in [2.05, 4.69) is 10.3 Å². The molecule has 0 unspecified atom stereocenters. The fraction of sp³-hybridized carbons (Fsp3) is 0.310. The zero-order valence-corrected chi connectivity index (χ0v) is 21.1. The maximum Gasteiger partial charge on any atom is 0.390 e. The number of benzene rings is 3. The van der Waals surface area contributed by atoms with Gasteiger partial charge in [-0.1, -0.05) is 12.1 Å². The molecule has 1 N–H and O–H groups in total. The molecule has 3 aromatic carbocycles. The Bertz CT molecular complexity index is 1510. The highest BCUT2D eigenvalue weighted by Crippen LogP contribution is 2.36. The molecule has 1 saturated carbocycles. The molecule has 0 bridgehead atoms. The first kappa shape index (κ1) is 26.6. The van der Waals surface area contributed by atoms with Crippen molar-refractivity contribution in [3.8, 4) is 17.2 Å². The number of Topliss-reactive ketones (excluding diaryl/α,β-unsaturated/α-hetero) is 1. The molecule has 0 spiro atoms. The number of carbonyl (C=O) groups excluding carboxylic acids is 1. The second-order valence-corrected chi connectivity index (χ2v) is 9.79. The maximum atomic E-state index is 13.2. The van der Waals surface area contributed by atoms with Gasteiger partial charge in [-0.2, -0.15) is 13.2 Å². The molecule has 204 valence electrons. The quantitative estimate of drug-likeness (QED) is 0.161. The summed E-state index contributed by atoms with van der Waals surface area (Å²) in [5.74, 6) is 0.971. The molecule has 5 rings (SSSR count). The van der Waals surface area contributed by atoms with Crippen LogP contribution >= 0.6 is 0 Å². The van der Waals surface area contributed by atoms with Crippen LogP contribution in [0.2, 0.25) is 0 Å². The number of ketones is 1. The third-order valence-corrected chi connectivity index (χ3v) is 6.65. The van der Waals surface area contributed by atoms with Crippen LogP contribution in [0, 0.1) is 12.8 Å². The molecular weight excluding hydrogens is 517 g/mol. The number of anilines is 1. The van der Waals surface area contributed by atoms with E-state index in [0.717, 1.165) is 18.4 Å². The molecule has 1 aromatic heterocycles. The van der Waals surface area contributed by atoms with E-state index in [9.17, 15) is 26.7 Å². The number of carbonyl (C=O) groups is 1. The number of halogens is 5. The van der Waals surface area contributed by atoms with Crippen LogP contribution in [0.3, 0.4) is 0 Å². The summed E-state index contributed by atoms with van der Waals surface area (Å²) < 4.78 is 72.4. The smallest absolute Gasteiger partial charge is 0.390 e. The summed E-state index contributed by atoms with van der Waals surface area (Å²) in [5, 5.41) is 2.78. The largest absolute Gasteiger partial charge is 0.457 e. The number of aryl methyl sites for hydroxylation is 1. The van der Waals surface area contributed by atoms with Gasteiger partial charge in [-0.05, 0) is 61.6 Å². The highest BCUT2D eigenvalue weighted by atomic mass is 19.4. The lowest BCUT2D eigenvalue weighted by Crippen LogP contribution is -2.14. The molecule has 1 heterocycles. The minimum Gasteiger partial charge on any atom is -0.457 e. The number of hydrogen-bond donors (Lipinski definition) is 1. The van der Waals surface area contributed by atoms with Crippen LogP contribution in [0.5, 0.6) is 11.5 Å². The van der Waals surface area contributed by atoms with E-state index in [0.29, 0.717) is 40.3 Å². The van der Waals surface area contributed by atoms with Gasteiger partial charge in [0.1, 0.15) is 23.3 Å². The minimum atomic E-state index is -4.34. The van der Waals surface area contributed by atoms with Gasteiger partial charge in [-0.25, -0.2) is 13.8 Å². The second-order valence-electron chi connectivity index (χ2n) is 9.79. The summed E-state index contributed by atoms with van der Waals surface area (Å²) in [4.78, 5) is 17.1. The van der Waals surface area contributed by atoms with Gasteiger partial charge >= 0.3 is 6.18 Å². The van der Waals surface area contributed by atoms with Crippen LogP contribution in [-0.4, -0.2) is 28.1 Å². The molecule has 0 radical (unpaired) electrons. The Morgan fingerprint density at radius 3 is 2.59 bits per heavy atom. The number of ether oxygens (including phenoxy) is 1. The van der Waals surface area contributed by atoms with Crippen molar-refractivity contribution in [3.05, 3.63) is 77.6 Å². The van der Waals surface area contributed by atoms with E-state index >= 15 is 0 Å². The zero-order valence-electron chi connectivity index (χ0n) is 21.1. The number of nitrogens with zero attached hydrogens (tertiary/aromatic N) is 2. The lowest BCUT2D eigenvalue weighted by atomic mass is 10.0. The Morgan fingerprint density at radius 2 is 1.90 bits per heavy atom. The highest BCUT2D eigenvalue weighted by Gasteiger charge is 2.27. The Labute approximate surface area is 221 Å². The summed E-state index contributed by atoms with van der Waals surface area (Å²) in [6.07, 6.45) is -3.83. The van der Waals surface area contributed by atoms with Gasteiger partial charge < -0.3 is 10.1 Å². The summed E-state index contributed by atoms with van der Waals surface area (Å²) >= 11 is 0. The van der Waals surface area contributed by atoms with Crippen molar-refractivity contribution in [2.45, 2.75) is 45.2 Å². The van der Waals surface area contributed by atoms with E-state index < -0.39 is 19.0 Å². The Hall–Kier alpha value is -3.95. The number of alkyl halides is 5. The predicted molar refractivity (Wildman–Crippen MR) is 138 cm³/mol. The first-order valence-corrected chi connectivity index (χ1v) is 12.6. The molecule has 0 saturated heterocycles. The predicted octanol–water partition coefficient (Wildman–Crippen LogP) is 8.41. The molecule has 0 atom stereocenters. The van der Waals surface area contributed by atoms with Crippen molar-refractivity contribution in [1.29, 1.82) is 0 Å². The first-order chi connectivity index (χ1) is 18.6. The molecule has 10 heteroatoms. The molecule has 1 aliphatic carbocycles. The number of aromatic nitrogens is 2. The lowest BCUT2D eigenvalue weighted by molar-refractivity contribution is -0.131. The van der Waals surface area contributed by atoms with E-state index in [1.165, 1.54) is 30.3 Å². The Balaban J connectivity index is 1.51. The van der Waals surface area contributed by atoms with E-state index in [-0.39, 0.29) is 29.4 Å². The van der Waals surface area contributed by atoms with Gasteiger partial charge in [0.2, 0.25) is 0 Å². The first-order valence-electron chi connectivity index (χ1n) is 12.6. The van der Waals surface area contributed by atoms with Crippen LogP contribution in [0.25, 0.3) is 16.7 Å². The third kappa shape index (κ3) is 6.38. The SMILES string of the molecule is Cc1cc(-n2cnc3c(NCCC(F)(F)F)cc(Oc4cccc(C(F)F)c4)cc32)ccc1C(=O)CC1CC1. The van der Waals surface area contributed by atoms with Crippen molar-refractivity contribution < 1.29 is 31.5 Å². The number of hydrogen-bond acceptors (Lipinski definition) is 4. The van der Waals surface area contributed by atoms with Gasteiger partial charge in [-0.15, -0.1) is 0 Å². The van der Waals surface area contributed by atoms with Crippen LogP contribution in [0.15, 0.2) is 60.9 Å². The van der Waals surface area contributed by atoms with E-state index in [4.69, 9.17) is 4.74 Å². The molecule has 0 amide bonds. The number of imidazole rings is 1. The van der Waals surface area contributed by atoms with Crippen LogP contribution in [-0.2, 0) is 0 Å². The van der Waals surface area contributed by atoms with Crippen molar-refractivity contribution in [2.24, 2.45) is 5.92 Å². The van der Waals surface area contributed by atoms with Gasteiger partial charge in [0.05, 0.1) is 17.6 Å². The van der Waals surface area contributed by atoms with Crippen molar-refractivity contribution in [2.75, 3.05) is 11.9 Å². The molecule has 1 aliphatic rings. The molecule has 39 heavy (non-hydrogen) atoms. The topological polar surface area (TPSA) is 56.1 Å². The minimum absolute atomic E-state index is 0.106. The lowest BCUT2D eigenvalue weighted by Gasteiger charge is -2.14. The number of nitrogens with one attached hydrogen (secondary N) is 1. The Morgan fingerprint density at radius 1 is 1.10 bits per heavy atom. The number of fused-ring (bicyclic) bond motifs is 1. The third-order valence-electron chi connectivity index (χ3n) is 6.65. The molecule has 1 fully saturated rings. The Kier molecular flexibility index (Phi) is 7.29. The van der Waals surface area contributed by atoms with Gasteiger partial charge in [0.15, 0.2) is 5.78 Å². The summed E-state index contributed by atoms with van der Waals surface area (Å²) in [5.41, 5.74) is 3.21. The van der Waals surface area contributed by atoms with Gasteiger partial charge in [0.25, 0.3) is 6.43 Å². The molecule has 5 nitrogen and oxygen atoms in total. The van der Waals surface area contributed by atoms with Gasteiger partial charge in [0, 0.05) is 41.9 Å². The average molecular weight is 544 g/mol.